The van der Waals surface area contributed by atoms with Crippen LogP contribution >= 0.6 is 11.6 Å². The smallest absolute Gasteiger partial charge is 0.319 e. The molecule has 4 aliphatic heterocycles. The zero-order valence-electron chi connectivity index (χ0n) is 21.9. The summed E-state index contributed by atoms with van der Waals surface area (Å²) in [4.78, 5) is 40.3. The van der Waals surface area contributed by atoms with Crippen LogP contribution < -0.4 is 20.9 Å². The highest BCUT2D eigenvalue weighted by molar-refractivity contribution is 6.31. The normalized spacial score (nSPS) is 24.7. The van der Waals surface area contributed by atoms with E-state index in [1.807, 2.05) is 13.0 Å². The van der Waals surface area contributed by atoms with Gasteiger partial charge in [-0.25, -0.2) is 13.6 Å². The summed E-state index contributed by atoms with van der Waals surface area (Å²) in [6.45, 7) is 5.08. The van der Waals surface area contributed by atoms with Crippen molar-refractivity contribution in [1.29, 1.82) is 0 Å². The molecule has 2 aromatic rings. The maximum atomic E-state index is 14.9. The van der Waals surface area contributed by atoms with Gasteiger partial charge in [0.2, 0.25) is 11.8 Å². The molecule has 0 aliphatic carbocycles. The molecule has 0 aromatic heterocycles. The number of imide groups is 1. The molecule has 0 spiro atoms. The van der Waals surface area contributed by atoms with Crippen LogP contribution in [-0.4, -0.2) is 67.2 Å². The van der Waals surface area contributed by atoms with Gasteiger partial charge < -0.3 is 20.3 Å². The van der Waals surface area contributed by atoms with Gasteiger partial charge in [0.1, 0.15) is 11.6 Å². The van der Waals surface area contributed by atoms with E-state index in [1.54, 1.807) is 11.0 Å². The summed E-state index contributed by atoms with van der Waals surface area (Å²) in [6.07, 6.45) is 1.44. The number of anilines is 2. The van der Waals surface area contributed by atoms with Gasteiger partial charge in [0.15, 0.2) is 0 Å². The summed E-state index contributed by atoms with van der Waals surface area (Å²) in [7, 11) is 0. The summed E-state index contributed by atoms with van der Waals surface area (Å²) in [5.41, 5.74) is 2.61. The lowest BCUT2D eigenvalue weighted by atomic mass is 9.89. The molecular weight excluding hydrogens is 544 g/mol. The molecule has 40 heavy (non-hydrogen) atoms. The van der Waals surface area contributed by atoms with Crippen LogP contribution in [0.25, 0.3) is 0 Å². The minimum absolute atomic E-state index is 0.0312. The third kappa shape index (κ3) is 5.25. The topological polar surface area (TPSA) is 103 Å². The van der Waals surface area contributed by atoms with Gasteiger partial charge in [0.05, 0.1) is 24.7 Å². The van der Waals surface area contributed by atoms with Crippen molar-refractivity contribution in [3.05, 3.63) is 57.6 Å². The number of nitrogens with one attached hydrogen (secondary N) is 3. The first-order valence-electron chi connectivity index (χ1n) is 13.4. The Morgan fingerprint density at radius 3 is 2.55 bits per heavy atom. The number of halogens is 3. The van der Waals surface area contributed by atoms with Crippen molar-refractivity contribution in [2.75, 3.05) is 36.5 Å². The Kier molecular flexibility index (Phi) is 7.14. The van der Waals surface area contributed by atoms with Crippen molar-refractivity contribution in [3.8, 4) is 0 Å². The molecule has 2 aromatic carbocycles. The van der Waals surface area contributed by atoms with Crippen molar-refractivity contribution >= 4 is 40.8 Å². The van der Waals surface area contributed by atoms with E-state index in [1.165, 1.54) is 12.1 Å². The van der Waals surface area contributed by atoms with Crippen LogP contribution in [0.1, 0.15) is 41.9 Å². The number of nitrogens with zero attached hydrogens (tertiary/aromatic N) is 2. The molecule has 212 valence electrons. The molecule has 4 amide bonds. The van der Waals surface area contributed by atoms with Crippen LogP contribution in [0.3, 0.4) is 0 Å². The lowest BCUT2D eigenvalue weighted by molar-refractivity contribution is -0.134. The maximum Gasteiger partial charge on any atom is 0.319 e. The fourth-order valence-corrected chi connectivity index (χ4v) is 6.29. The molecule has 4 fully saturated rings. The number of fused-ring (bicyclic) bond motifs is 2. The molecule has 3 N–H and O–H groups in total. The third-order valence-corrected chi connectivity index (χ3v) is 8.72. The second-order valence-electron chi connectivity index (χ2n) is 11.0. The first-order valence-corrected chi connectivity index (χ1v) is 13.8. The van der Waals surface area contributed by atoms with Gasteiger partial charge in [-0.1, -0.05) is 11.6 Å². The van der Waals surface area contributed by atoms with Crippen LogP contribution in [0.4, 0.5) is 25.0 Å². The minimum atomic E-state index is -1.04. The van der Waals surface area contributed by atoms with E-state index in [9.17, 15) is 23.2 Å². The van der Waals surface area contributed by atoms with E-state index >= 15 is 0 Å². The Morgan fingerprint density at radius 2 is 1.90 bits per heavy atom. The number of morpholine rings is 1. The van der Waals surface area contributed by atoms with Crippen molar-refractivity contribution in [1.82, 2.24) is 15.5 Å². The van der Waals surface area contributed by atoms with E-state index in [0.29, 0.717) is 41.6 Å². The molecule has 4 saturated heterocycles. The number of likely N-dealkylation sites (tertiary alicyclic amines) is 1. The molecule has 2 bridgehead atoms. The Hall–Kier alpha value is -3.28. The monoisotopic (exact) mass is 573 g/mol. The lowest BCUT2D eigenvalue weighted by Crippen LogP contribution is -2.60. The zero-order valence-corrected chi connectivity index (χ0v) is 22.7. The SMILES string of the molecule is Cc1c(Cl)cc(NC(=O)NC2CN(c3cc(F)c(C4CCC(=O)NC4=O)c(F)c3)C2)cc1CN1CC2CC1CO2. The van der Waals surface area contributed by atoms with Gasteiger partial charge in [0, 0.05) is 60.6 Å². The molecule has 4 heterocycles. The summed E-state index contributed by atoms with van der Waals surface area (Å²) in [5.74, 6) is -3.85. The van der Waals surface area contributed by atoms with E-state index in [4.69, 9.17) is 16.3 Å². The highest BCUT2D eigenvalue weighted by atomic mass is 35.5. The number of hydrogen-bond acceptors (Lipinski definition) is 6. The van der Waals surface area contributed by atoms with E-state index in [0.717, 1.165) is 37.2 Å². The van der Waals surface area contributed by atoms with Crippen molar-refractivity contribution in [3.63, 3.8) is 0 Å². The molecule has 0 radical (unpaired) electrons. The number of rotatable bonds is 6. The standard InChI is InChI=1S/C28H30ClF2N5O4/c1-14-15(9-35-12-20-6-19(35)13-40-20)4-16(5-22(14)29)32-28(39)33-17-10-36(11-17)18-7-23(30)26(24(31)8-18)21-2-3-25(37)34-27(21)38/h4-5,7-8,17,19-21H,2-3,6,9-13H2,1H3,(H2,32,33,39)(H,34,37,38). The summed E-state index contributed by atoms with van der Waals surface area (Å²) in [6, 6.07) is 5.84. The maximum absolute atomic E-state index is 14.9. The quantitative estimate of drug-likeness (QED) is 0.458. The zero-order chi connectivity index (χ0) is 28.1. The average molecular weight is 574 g/mol. The largest absolute Gasteiger partial charge is 0.375 e. The average Bonchev–Trinajstić information content (AvgIpc) is 3.48. The van der Waals surface area contributed by atoms with Crippen molar-refractivity contribution in [2.45, 2.75) is 56.8 Å². The number of urea groups is 1. The van der Waals surface area contributed by atoms with Gasteiger partial charge >= 0.3 is 6.03 Å². The van der Waals surface area contributed by atoms with E-state index < -0.39 is 35.4 Å². The number of carbonyl (C=O) groups excluding carboxylic acids is 3. The predicted molar refractivity (Wildman–Crippen MR) is 144 cm³/mol. The molecule has 3 atom stereocenters. The van der Waals surface area contributed by atoms with Crippen LogP contribution in [-0.2, 0) is 20.9 Å². The minimum Gasteiger partial charge on any atom is -0.375 e. The Labute approximate surface area is 235 Å². The van der Waals surface area contributed by atoms with Crippen molar-refractivity contribution in [2.24, 2.45) is 0 Å². The Morgan fingerprint density at radius 1 is 1.15 bits per heavy atom. The van der Waals surface area contributed by atoms with Gasteiger partial charge in [0.25, 0.3) is 0 Å². The predicted octanol–water partition coefficient (Wildman–Crippen LogP) is 3.43. The highest BCUT2D eigenvalue weighted by Crippen LogP contribution is 2.34. The number of ether oxygens (including phenoxy) is 1. The first-order chi connectivity index (χ1) is 19.1. The van der Waals surface area contributed by atoms with E-state index in [-0.39, 0.29) is 24.4 Å². The second-order valence-corrected chi connectivity index (χ2v) is 11.5. The Bertz CT molecular complexity index is 1360. The molecule has 0 saturated carbocycles. The summed E-state index contributed by atoms with van der Waals surface area (Å²) >= 11 is 6.48. The fourth-order valence-electron chi connectivity index (χ4n) is 6.05. The third-order valence-electron chi connectivity index (χ3n) is 8.33. The number of amides is 4. The molecule has 9 nitrogen and oxygen atoms in total. The lowest BCUT2D eigenvalue weighted by Gasteiger charge is -2.41. The number of carbonyl (C=O) groups is 3. The molecule has 4 aliphatic rings. The van der Waals surface area contributed by atoms with Crippen LogP contribution in [0.15, 0.2) is 24.3 Å². The van der Waals surface area contributed by atoms with Gasteiger partial charge in [-0.15, -0.1) is 0 Å². The van der Waals surface area contributed by atoms with Crippen LogP contribution in [0, 0.1) is 18.6 Å². The fraction of sp³-hybridized carbons (Fsp3) is 0.464. The second kappa shape index (κ2) is 10.6. The summed E-state index contributed by atoms with van der Waals surface area (Å²) < 4.78 is 35.4. The van der Waals surface area contributed by atoms with Gasteiger partial charge in [-0.05, 0) is 55.2 Å². The molecule has 12 heteroatoms. The van der Waals surface area contributed by atoms with Gasteiger partial charge in [-0.2, -0.15) is 0 Å². The molecular formula is C28H30ClF2N5O4. The highest BCUT2D eigenvalue weighted by Gasteiger charge is 2.39. The number of hydrogen-bond donors (Lipinski definition) is 3. The van der Waals surface area contributed by atoms with Gasteiger partial charge in [-0.3, -0.25) is 19.8 Å². The first kappa shape index (κ1) is 26.9. The molecule has 3 unspecified atom stereocenters. The number of piperidine rings is 1. The molecule has 6 rings (SSSR count). The van der Waals surface area contributed by atoms with Crippen LogP contribution in [0.2, 0.25) is 5.02 Å². The van der Waals surface area contributed by atoms with Crippen LogP contribution in [0.5, 0.6) is 0 Å². The van der Waals surface area contributed by atoms with E-state index in [2.05, 4.69) is 20.9 Å². The number of benzene rings is 2. The Balaban J connectivity index is 1.04. The summed E-state index contributed by atoms with van der Waals surface area (Å²) in [5, 5.41) is 8.44. The van der Waals surface area contributed by atoms with Crippen molar-refractivity contribution < 1.29 is 27.9 Å².